The number of hydrogen-bond acceptors (Lipinski definition) is 6. The summed E-state index contributed by atoms with van der Waals surface area (Å²) < 4.78 is 122. The predicted molar refractivity (Wildman–Crippen MR) is 120 cm³/mol. The van der Waals surface area contributed by atoms with E-state index in [-0.39, 0.29) is 31.1 Å². The number of hydrogen-bond donors (Lipinski definition) is 2. The molecule has 3 fully saturated rings. The summed E-state index contributed by atoms with van der Waals surface area (Å²) in [6, 6.07) is 7.02. The molecule has 6 rings (SSSR count). The molecule has 2 bridgehead atoms. The minimum Gasteiger partial charge on any atom is -0.484 e. The lowest BCUT2D eigenvalue weighted by Gasteiger charge is -2.74. The number of phosphoric acid groups is 1. The first-order valence-corrected chi connectivity index (χ1v) is 13.1. The molecule has 1 unspecified atom stereocenters. The van der Waals surface area contributed by atoms with Crippen LogP contribution in [-0.2, 0) is 26.6 Å². The summed E-state index contributed by atoms with van der Waals surface area (Å²) in [5, 5.41) is 10.1. The van der Waals surface area contributed by atoms with Crippen molar-refractivity contribution in [2.75, 3.05) is 6.61 Å². The fourth-order valence-electron chi connectivity index (χ4n) is 5.92. The second kappa shape index (κ2) is 9.23. The van der Waals surface area contributed by atoms with Gasteiger partial charge in [0.05, 0.1) is 6.54 Å². The van der Waals surface area contributed by atoms with Crippen molar-refractivity contribution in [3.05, 3.63) is 71.6 Å². The van der Waals surface area contributed by atoms with Crippen molar-refractivity contribution >= 4 is 7.82 Å². The number of alkyl halides is 5. The number of halogens is 7. The van der Waals surface area contributed by atoms with Crippen molar-refractivity contribution < 1.29 is 54.3 Å². The van der Waals surface area contributed by atoms with Gasteiger partial charge in [0, 0.05) is 17.0 Å². The second-order valence-corrected chi connectivity index (χ2v) is 11.3. The third-order valence-electron chi connectivity index (χ3n) is 7.49. The smallest absolute Gasteiger partial charge is 0.470 e. The van der Waals surface area contributed by atoms with Gasteiger partial charge in [-0.1, -0.05) is 12.1 Å². The van der Waals surface area contributed by atoms with Gasteiger partial charge in [-0.25, -0.2) is 26.8 Å². The molecule has 0 saturated heterocycles. The summed E-state index contributed by atoms with van der Waals surface area (Å²) in [4.78, 5) is 19.4. The van der Waals surface area contributed by atoms with E-state index < -0.39 is 66.7 Å². The summed E-state index contributed by atoms with van der Waals surface area (Å²) in [5.74, 6) is -6.90. The van der Waals surface area contributed by atoms with E-state index in [4.69, 9.17) is 4.52 Å². The van der Waals surface area contributed by atoms with Crippen molar-refractivity contribution in [1.29, 1.82) is 0 Å². The molecule has 2 N–H and O–H groups in total. The molecule has 3 saturated carbocycles. The van der Waals surface area contributed by atoms with Crippen LogP contribution in [0.2, 0.25) is 0 Å². The van der Waals surface area contributed by atoms with E-state index in [0.717, 1.165) is 6.33 Å². The van der Waals surface area contributed by atoms with Crippen LogP contribution in [0.3, 0.4) is 0 Å². The van der Waals surface area contributed by atoms with Gasteiger partial charge in [0.1, 0.15) is 23.7 Å². The number of tetrazole rings is 1. The van der Waals surface area contributed by atoms with Crippen LogP contribution in [0.4, 0.5) is 30.7 Å². The molecule has 3 aromatic rings. The molecule has 2 aromatic carbocycles. The van der Waals surface area contributed by atoms with Crippen molar-refractivity contribution in [2.24, 2.45) is 5.41 Å². The minimum absolute atomic E-state index is 0.0741. The van der Waals surface area contributed by atoms with Crippen molar-refractivity contribution in [3.8, 4) is 5.75 Å². The number of phosphoric ester groups is 1. The summed E-state index contributed by atoms with van der Waals surface area (Å²) in [6.07, 6.45) is -4.35. The van der Waals surface area contributed by atoms with Gasteiger partial charge < -0.3 is 14.5 Å². The van der Waals surface area contributed by atoms with Crippen molar-refractivity contribution in [1.82, 2.24) is 20.2 Å². The Balaban J connectivity index is 1.49. The van der Waals surface area contributed by atoms with Crippen LogP contribution in [0, 0.1) is 17.0 Å². The summed E-state index contributed by atoms with van der Waals surface area (Å²) in [5.41, 5.74) is -6.58. The number of rotatable bonds is 10. The number of aromatic nitrogens is 4. The minimum atomic E-state index is -5.75. The average molecular weight is 596 g/mol. The molecule has 9 nitrogen and oxygen atoms in total. The predicted octanol–water partition coefficient (Wildman–Crippen LogP) is 4.65. The van der Waals surface area contributed by atoms with Crippen molar-refractivity contribution in [3.63, 3.8) is 0 Å². The molecule has 40 heavy (non-hydrogen) atoms. The lowest BCUT2D eigenvalue weighted by Crippen LogP contribution is -2.76. The van der Waals surface area contributed by atoms with Crippen molar-refractivity contribution in [2.45, 2.75) is 48.9 Å². The Kier molecular flexibility index (Phi) is 6.56. The summed E-state index contributed by atoms with van der Waals surface area (Å²) in [6.45, 7) is -2.64. The monoisotopic (exact) mass is 596 g/mol. The normalized spacial score (nSPS) is 24.1. The highest BCUT2D eigenvalue weighted by atomic mass is 31.2. The molecular formula is C23H20F7N4O5P. The van der Waals surface area contributed by atoms with E-state index in [0.29, 0.717) is 22.4 Å². The molecule has 216 valence electrons. The van der Waals surface area contributed by atoms with Gasteiger partial charge in [-0.05, 0) is 64.9 Å². The molecule has 0 aliphatic heterocycles. The Morgan fingerprint density at radius 2 is 1.65 bits per heavy atom. The average Bonchev–Trinajstić information content (AvgIpc) is 3.27. The maximum atomic E-state index is 16.7. The van der Waals surface area contributed by atoms with E-state index in [2.05, 4.69) is 20.3 Å². The number of ether oxygens (including phenoxy) is 1. The molecule has 0 spiro atoms. The fraction of sp³-hybridized carbons (Fsp3) is 0.435. The molecule has 1 heterocycles. The van der Waals surface area contributed by atoms with Gasteiger partial charge >= 0.3 is 14.0 Å². The maximum Gasteiger partial charge on any atom is 0.470 e. The highest BCUT2D eigenvalue weighted by Gasteiger charge is 2.83. The van der Waals surface area contributed by atoms with Crippen LogP contribution in [-0.4, -0.2) is 48.7 Å². The zero-order valence-corrected chi connectivity index (χ0v) is 21.0. The molecule has 0 radical (unpaired) electrons. The Hall–Kier alpha value is -3.07. The molecule has 1 aromatic heterocycles. The number of benzene rings is 2. The zero-order chi connectivity index (χ0) is 29.2. The van der Waals surface area contributed by atoms with E-state index in [1.807, 2.05) is 0 Å². The van der Waals surface area contributed by atoms with Gasteiger partial charge in [0.2, 0.25) is 0 Å². The Morgan fingerprint density at radius 1 is 1.00 bits per heavy atom. The van der Waals surface area contributed by atoms with Gasteiger partial charge in [0.15, 0.2) is 12.2 Å². The van der Waals surface area contributed by atoms with E-state index >= 15 is 13.2 Å². The van der Waals surface area contributed by atoms with Crippen LogP contribution in [0.1, 0.15) is 30.4 Å². The first-order chi connectivity index (χ1) is 18.5. The van der Waals surface area contributed by atoms with Crippen LogP contribution in [0.5, 0.6) is 5.75 Å². The van der Waals surface area contributed by atoms with Crippen LogP contribution in [0.25, 0.3) is 0 Å². The van der Waals surface area contributed by atoms with Crippen LogP contribution >= 0.6 is 7.82 Å². The van der Waals surface area contributed by atoms with E-state index in [1.54, 1.807) is 0 Å². The van der Waals surface area contributed by atoms with Crippen LogP contribution < -0.4 is 4.74 Å². The first kappa shape index (κ1) is 28.5. The van der Waals surface area contributed by atoms with Gasteiger partial charge in [-0.3, -0.25) is 4.52 Å². The van der Waals surface area contributed by atoms with E-state index in [9.17, 15) is 31.9 Å². The lowest BCUT2D eigenvalue weighted by atomic mass is 9.30. The van der Waals surface area contributed by atoms with Gasteiger partial charge in [0.25, 0.3) is 5.92 Å². The maximum absolute atomic E-state index is 16.7. The third-order valence-corrected chi connectivity index (χ3v) is 8.04. The molecule has 3 aliphatic rings. The molecular weight excluding hydrogens is 576 g/mol. The van der Waals surface area contributed by atoms with Gasteiger partial charge in [-0.15, -0.1) is 5.10 Å². The summed E-state index contributed by atoms with van der Waals surface area (Å²) in [7, 11) is -5.75. The highest BCUT2D eigenvalue weighted by molar-refractivity contribution is 7.46. The molecule has 3 aliphatic carbocycles. The Labute approximate surface area is 221 Å². The Bertz CT molecular complexity index is 1430. The molecule has 1 atom stereocenters. The second-order valence-electron chi connectivity index (χ2n) is 10.1. The largest absolute Gasteiger partial charge is 0.484 e. The van der Waals surface area contributed by atoms with E-state index in [1.165, 1.54) is 24.3 Å². The summed E-state index contributed by atoms with van der Waals surface area (Å²) >= 11 is 0. The molecule has 0 amide bonds. The standard InChI is InChI=1S/C23H20F7N4O5P/c24-15-3-6-17(18(25)7-15)21(39-40(35,36)37,11-34-13-31-32-33-34)23(29,30)20-8-19(9-20,10-20)14-1-4-16(5-2-14)38-12-22(26,27)28/h1-7,13H,8-12H2,(H2,35,36,37). The van der Waals surface area contributed by atoms with Gasteiger partial charge in [-0.2, -0.15) is 13.2 Å². The zero-order valence-electron chi connectivity index (χ0n) is 20.2. The topological polar surface area (TPSA) is 120 Å². The first-order valence-electron chi connectivity index (χ1n) is 11.6. The fourth-order valence-corrected chi connectivity index (χ4v) is 6.59. The highest BCUT2D eigenvalue weighted by Crippen LogP contribution is 2.81. The quantitative estimate of drug-likeness (QED) is 0.257. The molecule has 17 heteroatoms. The number of nitrogens with zero attached hydrogens (tertiary/aromatic N) is 4. The Morgan fingerprint density at radius 3 is 2.17 bits per heavy atom. The third kappa shape index (κ3) is 4.76. The SMILES string of the molecule is O=P(O)(O)OC(Cn1cnnn1)(c1ccc(F)cc1F)C(F)(F)C12CC(c3ccc(OCC(F)(F)F)cc3)(C1)C2. The lowest BCUT2D eigenvalue weighted by molar-refractivity contribution is -0.343. The van der Waals surface area contributed by atoms with Crippen LogP contribution in [0.15, 0.2) is 48.8 Å².